The van der Waals surface area contributed by atoms with Gasteiger partial charge in [0.25, 0.3) is 0 Å². The van der Waals surface area contributed by atoms with E-state index >= 15 is 0 Å². The van der Waals surface area contributed by atoms with Crippen LogP contribution >= 0.6 is 0 Å². The first-order chi connectivity index (χ1) is 16.0. The van der Waals surface area contributed by atoms with Gasteiger partial charge < -0.3 is 15.6 Å². The molecule has 1 aromatic carbocycles. The molecule has 4 bridgehead atoms. The van der Waals surface area contributed by atoms with Crippen molar-refractivity contribution in [2.45, 2.75) is 108 Å². The van der Waals surface area contributed by atoms with Crippen molar-refractivity contribution in [3.8, 4) is 17.6 Å². The summed E-state index contributed by atoms with van der Waals surface area (Å²) in [5.74, 6) is 10.1. The largest absolute Gasteiger partial charge is 0.508 e. The maximum absolute atomic E-state index is 10.1. The number of benzene rings is 1. The Kier molecular flexibility index (Phi) is 5.54. The van der Waals surface area contributed by atoms with Crippen LogP contribution in [0.5, 0.6) is 5.75 Å². The van der Waals surface area contributed by atoms with Crippen LogP contribution in [0.4, 0.5) is 0 Å². The third kappa shape index (κ3) is 3.55. The molecule has 3 heteroatoms. The van der Waals surface area contributed by atoms with Crippen molar-refractivity contribution in [3.05, 3.63) is 29.3 Å². The molecular formula is C30H41NO2. The molecular weight excluding hydrogens is 406 g/mol. The normalized spacial score (nSPS) is 42.9. The quantitative estimate of drug-likeness (QED) is 0.538. The lowest BCUT2D eigenvalue weighted by atomic mass is 9.51. The molecule has 5 fully saturated rings. The van der Waals surface area contributed by atoms with E-state index in [4.69, 9.17) is 10.5 Å². The van der Waals surface area contributed by atoms with E-state index in [9.17, 15) is 5.11 Å². The number of ether oxygens (including phenoxy) is 1. The topological polar surface area (TPSA) is 55.5 Å². The summed E-state index contributed by atoms with van der Waals surface area (Å²) in [4.78, 5) is 0. The summed E-state index contributed by atoms with van der Waals surface area (Å²) >= 11 is 0. The van der Waals surface area contributed by atoms with Gasteiger partial charge in [-0.15, -0.1) is 0 Å². The van der Waals surface area contributed by atoms with Crippen LogP contribution in [0.25, 0.3) is 0 Å². The summed E-state index contributed by atoms with van der Waals surface area (Å²) < 4.78 is 7.51. The highest BCUT2D eigenvalue weighted by Gasteiger charge is 2.65. The van der Waals surface area contributed by atoms with Gasteiger partial charge in [0.1, 0.15) is 5.75 Å². The van der Waals surface area contributed by atoms with Gasteiger partial charge in [0.2, 0.25) is 0 Å². The van der Waals surface area contributed by atoms with Gasteiger partial charge >= 0.3 is 0 Å². The van der Waals surface area contributed by atoms with Gasteiger partial charge in [0.05, 0.1) is 17.1 Å². The second-order valence-corrected chi connectivity index (χ2v) is 12.2. The summed E-state index contributed by atoms with van der Waals surface area (Å²) in [7, 11) is 0. The fourth-order valence-corrected chi connectivity index (χ4v) is 8.84. The first kappa shape index (κ1) is 22.0. The molecule has 0 aromatic heterocycles. The molecule has 2 heterocycles. The SMILES string of the molecule is C[C@@]1(C2CCCCC2)O[C@@]23CC[C@H]1[C@H](N)[C@H]2C#CCc1cc(O)ccc1C[C@H]1CCC[C@H]3C1. The molecule has 6 aliphatic rings. The highest BCUT2D eigenvalue weighted by atomic mass is 16.5. The summed E-state index contributed by atoms with van der Waals surface area (Å²) in [6.07, 6.45) is 15.9. The Morgan fingerprint density at radius 3 is 2.67 bits per heavy atom. The Morgan fingerprint density at radius 1 is 1.00 bits per heavy atom. The summed E-state index contributed by atoms with van der Waals surface area (Å²) in [5, 5.41) is 10.1. The van der Waals surface area contributed by atoms with Crippen LogP contribution in [-0.4, -0.2) is 22.4 Å². The van der Waals surface area contributed by atoms with Gasteiger partial charge in [0.15, 0.2) is 0 Å². The highest BCUT2D eigenvalue weighted by Crippen LogP contribution is 2.61. The molecule has 1 aromatic rings. The number of aromatic hydroxyl groups is 1. The maximum Gasteiger partial charge on any atom is 0.115 e. The zero-order chi connectivity index (χ0) is 22.6. The van der Waals surface area contributed by atoms with E-state index in [1.54, 1.807) is 0 Å². The fraction of sp³-hybridized carbons (Fsp3) is 0.733. The standard InChI is InChI=1S/C30H41NO2/c1-29(23-9-3-2-4-10-23)26-15-16-30(33-29)24-11-5-7-20(18-24)17-22-13-14-25(32)19-21(22)8-6-12-27(30)28(26)31/h13-14,19-20,23-24,26-28,32H,2-5,7-11,15-18,31H2,1H3/t20-,24+,26+,27-,28+,29+,30-/m1/s1. The average Bonchev–Trinajstić information content (AvgIpc) is 2.84. The zero-order valence-electron chi connectivity index (χ0n) is 20.3. The summed E-state index contributed by atoms with van der Waals surface area (Å²) in [5.41, 5.74) is 9.48. The molecule has 1 spiro atoms. The second-order valence-electron chi connectivity index (χ2n) is 12.2. The van der Waals surface area contributed by atoms with Gasteiger partial charge in [-0.2, -0.15) is 0 Å². The van der Waals surface area contributed by atoms with Crippen LogP contribution < -0.4 is 5.73 Å². The van der Waals surface area contributed by atoms with E-state index in [0.717, 1.165) is 12.8 Å². The molecule has 3 saturated carbocycles. The number of nitrogens with two attached hydrogens (primary N) is 1. The van der Waals surface area contributed by atoms with Crippen molar-refractivity contribution >= 4 is 0 Å². The lowest BCUT2D eigenvalue weighted by Gasteiger charge is -2.66. The van der Waals surface area contributed by atoms with Crippen LogP contribution in [0.1, 0.15) is 88.7 Å². The number of fused-ring (bicyclic) bond motifs is 5. The van der Waals surface area contributed by atoms with E-state index in [-0.39, 0.29) is 23.2 Å². The van der Waals surface area contributed by atoms with Gasteiger partial charge in [0, 0.05) is 18.4 Å². The fourth-order valence-electron chi connectivity index (χ4n) is 8.84. The van der Waals surface area contributed by atoms with Gasteiger partial charge in [-0.25, -0.2) is 0 Å². The van der Waals surface area contributed by atoms with E-state index in [2.05, 4.69) is 24.8 Å². The Bertz CT molecular complexity index is 956. The Hall–Kier alpha value is -1.50. The Morgan fingerprint density at radius 2 is 1.82 bits per heavy atom. The summed E-state index contributed by atoms with van der Waals surface area (Å²) in [6.45, 7) is 2.43. The molecule has 3 N–H and O–H groups in total. The van der Waals surface area contributed by atoms with Crippen LogP contribution in [0.15, 0.2) is 18.2 Å². The van der Waals surface area contributed by atoms with E-state index < -0.39 is 0 Å². The maximum atomic E-state index is 10.1. The lowest BCUT2D eigenvalue weighted by molar-refractivity contribution is -0.310. The molecule has 7 atom stereocenters. The van der Waals surface area contributed by atoms with Crippen molar-refractivity contribution in [1.29, 1.82) is 0 Å². The average molecular weight is 448 g/mol. The number of hydrogen-bond donors (Lipinski definition) is 2. The molecule has 7 rings (SSSR count). The molecule has 2 aliphatic heterocycles. The minimum absolute atomic E-state index is 0.0852. The zero-order valence-corrected chi connectivity index (χ0v) is 20.3. The third-order valence-corrected chi connectivity index (χ3v) is 10.5. The van der Waals surface area contributed by atoms with E-state index in [1.807, 2.05) is 12.1 Å². The van der Waals surface area contributed by atoms with Crippen LogP contribution in [0.2, 0.25) is 0 Å². The van der Waals surface area contributed by atoms with Crippen molar-refractivity contribution in [2.75, 3.05) is 0 Å². The molecule has 0 amide bonds. The first-order valence-corrected chi connectivity index (χ1v) is 13.7. The van der Waals surface area contributed by atoms with Gasteiger partial charge in [-0.3, -0.25) is 0 Å². The summed E-state index contributed by atoms with van der Waals surface area (Å²) in [6, 6.07) is 6.02. The molecule has 0 radical (unpaired) electrons. The number of rotatable bonds is 1. The molecule has 33 heavy (non-hydrogen) atoms. The molecule has 178 valence electrons. The van der Waals surface area contributed by atoms with Crippen LogP contribution in [0, 0.1) is 41.4 Å². The molecule has 3 nitrogen and oxygen atoms in total. The predicted octanol–water partition coefficient (Wildman–Crippen LogP) is 5.76. The van der Waals surface area contributed by atoms with Crippen molar-refractivity contribution in [3.63, 3.8) is 0 Å². The monoisotopic (exact) mass is 447 g/mol. The number of hydrogen-bond acceptors (Lipinski definition) is 3. The molecule has 2 saturated heterocycles. The van der Waals surface area contributed by atoms with Crippen LogP contribution in [-0.2, 0) is 17.6 Å². The van der Waals surface area contributed by atoms with E-state index in [1.165, 1.54) is 75.3 Å². The third-order valence-electron chi connectivity index (χ3n) is 10.5. The number of phenols is 1. The predicted molar refractivity (Wildman–Crippen MR) is 132 cm³/mol. The van der Waals surface area contributed by atoms with Crippen molar-refractivity contribution in [1.82, 2.24) is 0 Å². The second kappa shape index (κ2) is 8.31. The first-order valence-electron chi connectivity index (χ1n) is 13.7. The lowest BCUT2D eigenvalue weighted by Crippen LogP contribution is -2.73. The van der Waals surface area contributed by atoms with Gasteiger partial charge in [-0.05, 0) is 92.9 Å². The molecule has 0 unspecified atom stereocenters. The van der Waals surface area contributed by atoms with Crippen molar-refractivity contribution < 1.29 is 9.84 Å². The van der Waals surface area contributed by atoms with E-state index in [0.29, 0.717) is 35.8 Å². The van der Waals surface area contributed by atoms with Crippen LogP contribution in [0.3, 0.4) is 0 Å². The Balaban J connectivity index is 1.41. The number of phenolic OH excluding ortho intramolecular Hbond substituents is 1. The molecule has 4 aliphatic carbocycles. The highest BCUT2D eigenvalue weighted by molar-refractivity contribution is 5.38. The minimum Gasteiger partial charge on any atom is -0.508 e. The Labute approximate surface area is 199 Å². The van der Waals surface area contributed by atoms with Gasteiger partial charge in [-0.1, -0.05) is 50.0 Å². The smallest absolute Gasteiger partial charge is 0.115 e. The minimum atomic E-state index is -0.176. The van der Waals surface area contributed by atoms with Crippen molar-refractivity contribution in [2.24, 2.45) is 35.3 Å².